The van der Waals surface area contributed by atoms with Crippen molar-refractivity contribution < 1.29 is 5.11 Å². The highest BCUT2D eigenvalue weighted by molar-refractivity contribution is 4.95. The molecule has 1 unspecified atom stereocenters. The predicted octanol–water partition coefficient (Wildman–Crippen LogP) is 4.64. The molecule has 1 nitrogen and oxygen atoms in total. The van der Waals surface area contributed by atoms with Crippen molar-refractivity contribution in [2.24, 2.45) is 5.92 Å². The van der Waals surface area contributed by atoms with Crippen LogP contribution in [-0.2, 0) is 0 Å². The van der Waals surface area contributed by atoms with Crippen LogP contribution < -0.4 is 0 Å². The SMILES string of the molecule is C=CCC(O)(CC=C)CC(C)CCC=C(C)C. The van der Waals surface area contributed by atoms with Crippen molar-refractivity contribution in [3.8, 4) is 0 Å². The standard InChI is InChI=1S/C16H28O/c1-6-11-16(17,12-7-2)13-15(5)10-8-9-14(3)4/h6-7,9,15,17H,1-2,8,10-13H2,3-5H3. The van der Waals surface area contributed by atoms with Crippen LogP contribution in [0.1, 0.15) is 52.9 Å². The van der Waals surface area contributed by atoms with Crippen LogP contribution in [0.5, 0.6) is 0 Å². The topological polar surface area (TPSA) is 20.2 Å². The van der Waals surface area contributed by atoms with Gasteiger partial charge in [-0.15, -0.1) is 13.2 Å². The summed E-state index contributed by atoms with van der Waals surface area (Å²) < 4.78 is 0. The molecule has 0 radical (unpaired) electrons. The van der Waals surface area contributed by atoms with E-state index in [0.29, 0.717) is 18.8 Å². The number of hydrogen-bond acceptors (Lipinski definition) is 1. The maximum atomic E-state index is 10.4. The third kappa shape index (κ3) is 7.98. The van der Waals surface area contributed by atoms with Crippen molar-refractivity contribution in [1.29, 1.82) is 0 Å². The zero-order valence-electron chi connectivity index (χ0n) is 11.7. The van der Waals surface area contributed by atoms with Gasteiger partial charge in [-0.1, -0.05) is 30.7 Å². The van der Waals surface area contributed by atoms with E-state index < -0.39 is 5.60 Å². The van der Waals surface area contributed by atoms with E-state index in [0.717, 1.165) is 19.3 Å². The first-order valence-corrected chi connectivity index (χ1v) is 6.51. The van der Waals surface area contributed by atoms with E-state index in [2.05, 4.69) is 40.0 Å². The molecule has 0 aromatic carbocycles. The molecule has 0 aromatic rings. The van der Waals surface area contributed by atoms with Crippen LogP contribution in [0.2, 0.25) is 0 Å². The lowest BCUT2D eigenvalue weighted by Crippen LogP contribution is -2.29. The van der Waals surface area contributed by atoms with Gasteiger partial charge >= 0.3 is 0 Å². The van der Waals surface area contributed by atoms with E-state index in [-0.39, 0.29) is 0 Å². The molecule has 0 aliphatic heterocycles. The first kappa shape index (κ1) is 16.2. The predicted molar refractivity (Wildman–Crippen MR) is 77.0 cm³/mol. The molecule has 1 heteroatoms. The first-order valence-electron chi connectivity index (χ1n) is 6.51. The monoisotopic (exact) mass is 236 g/mol. The van der Waals surface area contributed by atoms with Crippen LogP contribution in [0.4, 0.5) is 0 Å². The van der Waals surface area contributed by atoms with E-state index in [1.165, 1.54) is 5.57 Å². The zero-order valence-corrected chi connectivity index (χ0v) is 11.7. The summed E-state index contributed by atoms with van der Waals surface area (Å²) in [5.74, 6) is 0.524. The molecule has 1 atom stereocenters. The third-order valence-electron chi connectivity index (χ3n) is 2.99. The van der Waals surface area contributed by atoms with Crippen LogP contribution in [0.15, 0.2) is 37.0 Å². The minimum atomic E-state index is -0.645. The number of rotatable bonds is 9. The van der Waals surface area contributed by atoms with Gasteiger partial charge in [0.2, 0.25) is 0 Å². The Labute approximate surface area is 107 Å². The fourth-order valence-electron chi connectivity index (χ4n) is 2.19. The van der Waals surface area contributed by atoms with Gasteiger partial charge in [-0.3, -0.25) is 0 Å². The molecule has 0 aliphatic carbocycles. The molecule has 0 aliphatic rings. The third-order valence-corrected chi connectivity index (χ3v) is 2.99. The molecule has 0 saturated carbocycles. The summed E-state index contributed by atoms with van der Waals surface area (Å²) in [4.78, 5) is 0. The van der Waals surface area contributed by atoms with Crippen LogP contribution in [0.3, 0.4) is 0 Å². The average molecular weight is 236 g/mol. The Kier molecular flexibility index (Phi) is 7.90. The van der Waals surface area contributed by atoms with E-state index in [9.17, 15) is 5.11 Å². The van der Waals surface area contributed by atoms with E-state index in [1.54, 1.807) is 12.2 Å². The average Bonchev–Trinajstić information content (AvgIpc) is 2.16. The van der Waals surface area contributed by atoms with Crippen LogP contribution in [0, 0.1) is 5.92 Å². The van der Waals surface area contributed by atoms with Gasteiger partial charge in [0.15, 0.2) is 0 Å². The second-order valence-corrected chi connectivity index (χ2v) is 5.38. The molecule has 0 aromatic heterocycles. The quantitative estimate of drug-likeness (QED) is 0.578. The lowest BCUT2D eigenvalue weighted by molar-refractivity contribution is 0.0222. The van der Waals surface area contributed by atoms with Crippen molar-refractivity contribution in [2.75, 3.05) is 0 Å². The van der Waals surface area contributed by atoms with Crippen molar-refractivity contribution in [3.63, 3.8) is 0 Å². The largest absolute Gasteiger partial charge is 0.389 e. The highest BCUT2D eigenvalue weighted by atomic mass is 16.3. The fraction of sp³-hybridized carbons (Fsp3) is 0.625. The maximum absolute atomic E-state index is 10.4. The summed E-state index contributed by atoms with van der Waals surface area (Å²) in [6, 6.07) is 0. The van der Waals surface area contributed by atoms with Crippen molar-refractivity contribution >= 4 is 0 Å². The Hall–Kier alpha value is -0.820. The lowest BCUT2D eigenvalue weighted by atomic mass is 9.84. The molecule has 17 heavy (non-hydrogen) atoms. The van der Waals surface area contributed by atoms with Crippen LogP contribution in [0.25, 0.3) is 0 Å². The van der Waals surface area contributed by atoms with E-state index in [1.807, 2.05) is 0 Å². The molecular formula is C16H28O. The normalized spacial score (nSPS) is 12.9. The Morgan fingerprint density at radius 3 is 2.18 bits per heavy atom. The first-order chi connectivity index (χ1) is 7.93. The Bertz CT molecular complexity index is 249. The summed E-state index contributed by atoms with van der Waals surface area (Å²) in [5.41, 5.74) is 0.720. The highest BCUT2D eigenvalue weighted by Crippen LogP contribution is 2.27. The van der Waals surface area contributed by atoms with E-state index >= 15 is 0 Å². The van der Waals surface area contributed by atoms with Gasteiger partial charge in [-0.05, 0) is 51.9 Å². The molecule has 0 heterocycles. The minimum absolute atomic E-state index is 0.524. The molecule has 0 saturated heterocycles. The van der Waals surface area contributed by atoms with Gasteiger partial charge in [0.05, 0.1) is 5.60 Å². The summed E-state index contributed by atoms with van der Waals surface area (Å²) in [7, 11) is 0. The number of allylic oxidation sites excluding steroid dienone is 2. The van der Waals surface area contributed by atoms with Crippen LogP contribution in [-0.4, -0.2) is 10.7 Å². The Morgan fingerprint density at radius 2 is 1.76 bits per heavy atom. The summed E-state index contributed by atoms with van der Waals surface area (Å²) in [6.07, 6.45) is 10.2. The second kappa shape index (κ2) is 8.30. The van der Waals surface area contributed by atoms with Gasteiger partial charge in [0.25, 0.3) is 0 Å². The minimum Gasteiger partial charge on any atom is -0.389 e. The summed E-state index contributed by atoms with van der Waals surface area (Å²) in [6.45, 7) is 13.9. The summed E-state index contributed by atoms with van der Waals surface area (Å²) in [5, 5.41) is 10.4. The lowest BCUT2D eigenvalue weighted by Gasteiger charge is -2.28. The zero-order chi connectivity index (χ0) is 13.3. The van der Waals surface area contributed by atoms with Crippen LogP contribution >= 0.6 is 0 Å². The van der Waals surface area contributed by atoms with Crippen molar-refractivity contribution in [2.45, 2.75) is 58.5 Å². The summed E-state index contributed by atoms with van der Waals surface area (Å²) >= 11 is 0. The number of aliphatic hydroxyl groups is 1. The van der Waals surface area contributed by atoms with Gasteiger partial charge in [-0.25, -0.2) is 0 Å². The molecule has 0 fully saturated rings. The maximum Gasteiger partial charge on any atom is 0.0718 e. The van der Waals surface area contributed by atoms with Crippen molar-refractivity contribution in [1.82, 2.24) is 0 Å². The molecule has 0 spiro atoms. The van der Waals surface area contributed by atoms with Gasteiger partial charge < -0.3 is 5.11 Å². The molecule has 0 bridgehead atoms. The molecule has 1 N–H and O–H groups in total. The smallest absolute Gasteiger partial charge is 0.0718 e. The van der Waals surface area contributed by atoms with Gasteiger partial charge in [0.1, 0.15) is 0 Å². The molecular weight excluding hydrogens is 208 g/mol. The van der Waals surface area contributed by atoms with Crippen molar-refractivity contribution in [3.05, 3.63) is 37.0 Å². The molecule has 0 rings (SSSR count). The van der Waals surface area contributed by atoms with Gasteiger partial charge in [-0.2, -0.15) is 0 Å². The fourth-order valence-corrected chi connectivity index (χ4v) is 2.19. The molecule has 0 amide bonds. The second-order valence-electron chi connectivity index (χ2n) is 5.38. The van der Waals surface area contributed by atoms with Gasteiger partial charge in [0, 0.05) is 0 Å². The number of hydrogen-bond donors (Lipinski definition) is 1. The van der Waals surface area contributed by atoms with E-state index in [4.69, 9.17) is 0 Å². The highest BCUT2D eigenvalue weighted by Gasteiger charge is 2.25. The Balaban J connectivity index is 4.20. The molecule has 98 valence electrons. The Morgan fingerprint density at radius 1 is 1.24 bits per heavy atom.